The molecule has 1 aromatic carbocycles. The van der Waals surface area contributed by atoms with Gasteiger partial charge in [0.15, 0.2) is 5.13 Å². The second-order valence-corrected chi connectivity index (χ2v) is 5.61. The number of benzene rings is 1. The van der Waals surface area contributed by atoms with E-state index in [0.29, 0.717) is 10.9 Å². The van der Waals surface area contributed by atoms with E-state index in [1.165, 1.54) is 23.1 Å². The van der Waals surface area contributed by atoms with Crippen LogP contribution < -0.4 is 11.1 Å². The minimum absolute atomic E-state index is 0.0498. The molecule has 0 fully saturated rings. The van der Waals surface area contributed by atoms with Crippen LogP contribution in [0.1, 0.15) is 5.56 Å². The summed E-state index contributed by atoms with van der Waals surface area (Å²) in [6.07, 6.45) is 1.66. The van der Waals surface area contributed by atoms with E-state index in [4.69, 9.17) is 5.73 Å². The molecule has 2 aromatic rings. The van der Waals surface area contributed by atoms with Crippen molar-refractivity contribution in [3.63, 3.8) is 0 Å². The van der Waals surface area contributed by atoms with Gasteiger partial charge in [-0.1, -0.05) is 0 Å². The standard InChI is InChI=1S/C12H13N3OS2/c1-8-6-9(13)2-3-10(8)18-7-11(16)15-12-14-4-5-17-12/h2-6H,7,13H2,1H3,(H,14,15,16). The number of nitrogens with one attached hydrogen (secondary N) is 1. The highest BCUT2D eigenvalue weighted by molar-refractivity contribution is 8.00. The molecule has 0 radical (unpaired) electrons. The molecule has 0 aliphatic rings. The van der Waals surface area contributed by atoms with Gasteiger partial charge in [0.05, 0.1) is 5.75 Å². The SMILES string of the molecule is Cc1cc(N)ccc1SCC(=O)Nc1nccs1. The van der Waals surface area contributed by atoms with Crippen LogP contribution in [0.3, 0.4) is 0 Å². The van der Waals surface area contributed by atoms with Crippen LogP contribution in [-0.2, 0) is 4.79 Å². The highest BCUT2D eigenvalue weighted by Crippen LogP contribution is 2.24. The number of anilines is 2. The Labute approximate surface area is 114 Å². The zero-order valence-corrected chi connectivity index (χ0v) is 11.5. The average molecular weight is 279 g/mol. The quantitative estimate of drug-likeness (QED) is 0.667. The molecule has 2 rings (SSSR count). The first-order valence-electron chi connectivity index (χ1n) is 5.33. The Bertz CT molecular complexity index is 540. The number of rotatable bonds is 4. The lowest BCUT2D eigenvalue weighted by molar-refractivity contribution is -0.113. The molecule has 0 bridgehead atoms. The maximum absolute atomic E-state index is 11.7. The van der Waals surface area contributed by atoms with E-state index >= 15 is 0 Å². The van der Waals surface area contributed by atoms with E-state index in [9.17, 15) is 4.79 Å². The number of carbonyl (C=O) groups is 1. The third-order valence-electron chi connectivity index (χ3n) is 2.24. The highest BCUT2D eigenvalue weighted by Gasteiger charge is 2.06. The minimum Gasteiger partial charge on any atom is -0.399 e. The first-order valence-corrected chi connectivity index (χ1v) is 7.20. The van der Waals surface area contributed by atoms with Gasteiger partial charge in [-0.25, -0.2) is 4.98 Å². The Morgan fingerprint density at radius 1 is 1.56 bits per heavy atom. The predicted octanol–water partition coefficient (Wildman–Crippen LogP) is 2.76. The molecule has 3 N–H and O–H groups in total. The fourth-order valence-corrected chi connectivity index (χ4v) is 2.77. The molecule has 1 aromatic heterocycles. The minimum atomic E-state index is -0.0498. The third-order valence-corrected chi connectivity index (χ3v) is 4.10. The largest absolute Gasteiger partial charge is 0.399 e. The average Bonchev–Trinajstić information content (AvgIpc) is 2.80. The van der Waals surface area contributed by atoms with Gasteiger partial charge in [0, 0.05) is 22.2 Å². The molecule has 0 spiro atoms. The number of nitrogen functional groups attached to an aromatic ring is 1. The third kappa shape index (κ3) is 3.48. The molecule has 0 aliphatic heterocycles. The molecule has 4 nitrogen and oxygen atoms in total. The maximum Gasteiger partial charge on any atom is 0.236 e. The van der Waals surface area contributed by atoms with Gasteiger partial charge >= 0.3 is 0 Å². The van der Waals surface area contributed by atoms with E-state index in [-0.39, 0.29) is 5.91 Å². The molecule has 6 heteroatoms. The number of thiazole rings is 1. The lowest BCUT2D eigenvalue weighted by atomic mass is 10.2. The van der Waals surface area contributed by atoms with Crippen LogP contribution in [0.25, 0.3) is 0 Å². The predicted molar refractivity (Wildman–Crippen MR) is 77.1 cm³/mol. The number of nitrogens with zero attached hydrogens (tertiary/aromatic N) is 1. The van der Waals surface area contributed by atoms with Gasteiger partial charge in [-0.15, -0.1) is 23.1 Å². The number of hydrogen-bond acceptors (Lipinski definition) is 5. The molecule has 18 heavy (non-hydrogen) atoms. The number of amides is 1. The Kier molecular flexibility index (Phi) is 4.22. The van der Waals surface area contributed by atoms with E-state index in [1.54, 1.807) is 6.20 Å². The Balaban J connectivity index is 1.89. The Morgan fingerprint density at radius 2 is 2.39 bits per heavy atom. The number of thioether (sulfide) groups is 1. The van der Waals surface area contributed by atoms with Crippen molar-refractivity contribution in [3.05, 3.63) is 35.3 Å². The fraction of sp³-hybridized carbons (Fsp3) is 0.167. The number of carbonyl (C=O) groups excluding carboxylic acids is 1. The number of aryl methyl sites for hydroxylation is 1. The van der Waals surface area contributed by atoms with Gasteiger partial charge in [-0.3, -0.25) is 4.79 Å². The highest BCUT2D eigenvalue weighted by atomic mass is 32.2. The first-order chi connectivity index (χ1) is 8.65. The summed E-state index contributed by atoms with van der Waals surface area (Å²) in [5.74, 6) is 0.316. The molecular formula is C12H13N3OS2. The molecule has 0 saturated carbocycles. The summed E-state index contributed by atoms with van der Waals surface area (Å²) in [4.78, 5) is 16.7. The van der Waals surface area contributed by atoms with Gasteiger partial charge < -0.3 is 11.1 Å². The van der Waals surface area contributed by atoms with Crippen LogP contribution in [0, 0.1) is 6.92 Å². The molecule has 0 atom stereocenters. The molecule has 0 saturated heterocycles. The van der Waals surface area contributed by atoms with Gasteiger partial charge in [0.25, 0.3) is 0 Å². The number of hydrogen-bond donors (Lipinski definition) is 2. The first kappa shape index (κ1) is 12.9. The normalized spacial score (nSPS) is 10.3. The van der Waals surface area contributed by atoms with Crippen molar-refractivity contribution >= 4 is 39.8 Å². The van der Waals surface area contributed by atoms with Crippen molar-refractivity contribution in [3.8, 4) is 0 Å². The van der Waals surface area contributed by atoms with Crippen LogP contribution in [-0.4, -0.2) is 16.6 Å². The van der Waals surface area contributed by atoms with Gasteiger partial charge in [0.1, 0.15) is 0 Å². The van der Waals surface area contributed by atoms with Gasteiger partial charge in [-0.05, 0) is 30.7 Å². The summed E-state index contributed by atoms with van der Waals surface area (Å²) in [6, 6.07) is 5.68. The molecule has 1 amide bonds. The summed E-state index contributed by atoms with van der Waals surface area (Å²) < 4.78 is 0. The van der Waals surface area contributed by atoms with Crippen LogP contribution in [0.2, 0.25) is 0 Å². The van der Waals surface area contributed by atoms with E-state index in [1.807, 2.05) is 30.5 Å². The van der Waals surface area contributed by atoms with Crippen LogP contribution in [0.4, 0.5) is 10.8 Å². The fourth-order valence-electron chi connectivity index (χ4n) is 1.42. The second kappa shape index (κ2) is 5.88. The summed E-state index contributed by atoms with van der Waals surface area (Å²) in [5, 5.41) is 5.21. The monoisotopic (exact) mass is 279 g/mol. The van der Waals surface area contributed by atoms with Crippen LogP contribution in [0.5, 0.6) is 0 Å². The number of aromatic nitrogens is 1. The lowest BCUT2D eigenvalue weighted by Gasteiger charge is -2.06. The lowest BCUT2D eigenvalue weighted by Crippen LogP contribution is -2.13. The van der Waals surface area contributed by atoms with Crippen LogP contribution >= 0.6 is 23.1 Å². The molecule has 0 unspecified atom stereocenters. The van der Waals surface area contributed by atoms with Gasteiger partial charge in [-0.2, -0.15) is 0 Å². The zero-order chi connectivity index (χ0) is 13.0. The van der Waals surface area contributed by atoms with Crippen molar-refractivity contribution in [2.75, 3.05) is 16.8 Å². The second-order valence-electron chi connectivity index (χ2n) is 3.70. The van der Waals surface area contributed by atoms with Crippen molar-refractivity contribution in [1.29, 1.82) is 0 Å². The van der Waals surface area contributed by atoms with E-state index < -0.39 is 0 Å². The Morgan fingerprint density at radius 3 is 3.06 bits per heavy atom. The molecule has 1 heterocycles. The zero-order valence-electron chi connectivity index (χ0n) is 9.84. The van der Waals surface area contributed by atoms with Crippen molar-refractivity contribution < 1.29 is 4.79 Å². The summed E-state index contributed by atoms with van der Waals surface area (Å²) in [5.41, 5.74) is 7.50. The summed E-state index contributed by atoms with van der Waals surface area (Å²) in [7, 11) is 0. The van der Waals surface area contributed by atoms with E-state index in [0.717, 1.165) is 16.1 Å². The Hall–Kier alpha value is -1.53. The van der Waals surface area contributed by atoms with Crippen molar-refractivity contribution in [2.24, 2.45) is 0 Å². The van der Waals surface area contributed by atoms with Crippen molar-refractivity contribution in [1.82, 2.24) is 4.98 Å². The topological polar surface area (TPSA) is 68.0 Å². The maximum atomic E-state index is 11.7. The summed E-state index contributed by atoms with van der Waals surface area (Å²) in [6.45, 7) is 1.98. The molecule has 0 aliphatic carbocycles. The molecular weight excluding hydrogens is 266 g/mol. The van der Waals surface area contributed by atoms with Crippen LogP contribution in [0.15, 0.2) is 34.7 Å². The number of nitrogens with two attached hydrogens (primary N) is 1. The van der Waals surface area contributed by atoms with Crippen molar-refractivity contribution in [2.45, 2.75) is 11.8 Å². The smallest absolute Gasteiger partial charge is 0.236 e. The summed E-state index contributed by atoms with van der Waals surface area (Å²) >= 11 is 2.90. The molecule has 94 valence electrons. The van der Waals surface area contributed by atoms with Gasteiger partial charge in [0.2, 0.25) is 5.91 Å². The van der Waals surface area contributed by atoms with E-state index in [2.05, 4.69) is 10.3 Å².